The lowest BCUT2D eigenvalue weighted by Gasteiger charge is -2.22. The monoisotopic (exact) mass is 345 g/mol. The summed E-state index contributed by atoms with van der Waals surface area (Å²) in [6.45, 7) is 4.31. The van der Waals surface area contributed by atoms with E-state index in [2.05, 4.69) is 36.9 Å². The highest BCUT2D eigenvalue weighted by molar-refractivity contribution is 7.99. The molecule has 4 heteroatoms. The fourth-order valence-electron chi connectivity index (χ4n) is 3.84. The van der Waals surface area contributed by atoms with Crippen LogP contribution in [0.5, 0.6) is 0 Å². The number of fused-ring (bicyclic) bond motifs is 2. The van der Waals surface area contributed by atoms with E-state index < -0.39 is 0 Å². The zero-order valence-electron chi connectivity index (χ0n) is 13.5. The lowest BCUT2D eigenvalue weighted by Crippen LogP contribution is -2.34. The Kier molecular flexibility index (Phi) is 3.08. The zero-order valence-corrected chi connectivity index (χ0v) is 14.3. The molecule has 0 saturated carbocycles. The summed E-state index contributed by atoms with van der Waals surface area (Å²) in [6.07, 6.45) is 0. The molecule has 0 fully saturated rings. The summed E-state index contributed by atoms with van der Waals surface area (Å²) < 4.78 is 1.57. The van der Waals surface area contributed by atoms with E-state index in [1.807, 2.05) is 18.2 Å². The molecule has 1 aliphatic rings. The van der Waals surface area contributed by atoms with Crippen molar-refractivity contribution >= 4 is 39.9 Å². The molecule has 1 N–H and O–H groups in total. The Hall–Kier alpha value is -2.56. The molecule has 3 aromatic carbocycles. The molecule has 5 rings (SSSR count). The Morgan fingerprint density at radius 1 is 0.920 bits per heavy atom. The second-order valence-electron chi connectivity index (χ2n) is 6.25. The molecule has 0 unspecified atom stereocenters. The first-order valence-corrected chi connectivity index (χ1v) is 9.01. The van der Waals surface area contributed by atoms with E-state index in [4.69, 9.17) is 0 Å². The van der Waals surface area contributed by atoms with Gasteiger partial charge in [-0.3, -0.25) is 4.79 Å². The molecule has 0 amide bonds. The van der Waals surface area contributed by atoms with Crippen LogP contribution in [0.3, 0.4) is 0 Å². The van der Waals surface area contributed by atoms with Gasteiger partial charge in [-0.1, -0.05) is 48.7 Å². The molecule has 0 spiro atoms. The van der Waals surface area contributed by atoms with Crippen LogP contribution in [0.2, 0.25) is 0 Å². The van der Waals surface area contributed by atoms with Gasteiger partial charge in [-0.25, -0.2) is 0 Å². The normalized spacial score (nSPS) is 12.7. The summed E-state index contributed by atoms with van der Waals surface area (Å²) in [5, 5.41) is 13.8. The van der Waals surface area contributed by atoms with E-state index in [9.17, 15) is 9.90 Å². The second-order valence-corrected chi connectivity index (χ2v) is 7.33. The number of benzene rings is 3. The van der Waals surface area contributed by atoms with E-state index in [-0.39, 0.29) is 18.7 Å². The van der Waals surface area contributed by atoms with Crippen molar-refractivity contribution in [2.75, 3.05) is 6.61 Å². The van der Waals surface area contributed by atoms with Crippen LogP contribution in [-0.2, 0) is 6.54 Å². The number of aliphatic hydroxyl groups is 1. The fraction of sp³-hybridized carbons (Fsp3) is 0.0952. The number of pyridine rings is 1. The van der Waals surface area contributed by atoms with Gasteiger partial charge in [-0.05, 0) is 29.3 Å². The highest BCUT2D eigenvalue weighted by Gasteiger charge is 2.22. The first-order valence-electron chi connectivity index (χ1n) is 8.19. The van der Waals surface area contributed by atoms with Crippen molar-refractivity contribution in [2.45, 2.75) is 16.3 Å². The van der Waals surface area contributed by atoms with E-state index in [1.165, 1.54) is 20.9 Å². The fourth-order valence-corrected chi connectivity index (χ4v) is 4.96. The Morgan fingerprint density at radius 2 is 1.72 bits per heavy atom. The highest BCUT2D eigenvalue weighted by Crippen LogP contribution is 2.48. The Labute approximate surface area is 148 Å². The molecule has 1 aliphatic heterocycles. The summed E-state index contributed by atoms with van der Waals surface area (Å²) in [6, 6.07) is 16.5. The van der Waals surface area contributed by atoms with Crippen LogP contribution in [0, 0.1) is 0 Å². The number of aromatic nitrogens is 1. The second kappa shape index (κ2) is 5.22. The molecule has 0 aliphatic carbocycles. The van der Waals surface area contributed by atoms with Crippen LogP contribution in [0.25, 0.3) is 39.3 Å². The van der Waals surface area contributed by atoms with E-state index in [0.29, 0.717) is 10.7 Å². The first kappa shape index (κ1) is 14.8. The summed E-state index contributed by atoms with van der Waals surface area (Å²) in [5.41, 5.74) is 2.29. The minimum Gasteiger partial charge on any atom is -0.395 e. The van der Waals surface area contributed by atoms with Gasteiger partial charge in [0.2, 0.25) is 0 Å². The zero-order chi connectivity index (χ0) is 17.1. The van der Waals surface area contributed by atoms with Crippen LogP contribution < -0.4 is 10.9 Å². The van der Waals surface area contributed by atoms with E-state index >= 15 is 0 Å². The third-order valence-electron chi connectivity index (χ3n) is 4.96. The molecule has 3 nitrogen and oxygen atoms in total. The minimum absolute atomic E-state index is 0.0807. The highest BCUT2D eigenvalue weighted by atomic mass is 32.2. The van der Waals surface area contributed by atoms with Crippen molar-refractivity contribution in [3.8, 4) is 11.1 Å². The van der Waals surface area contributed by atoms with E-state index in [1.54, 1.807) is 16.3 Å². The number of aliphatic hydroxyl groups excluding tert-OH is 1. The van der Waals surface area contributed by atoms with Gasteiger partial charge in [0.25, 0.3) is 5.56 Å². The Bertz CT molecular complexity index is 1240. The van der Waals surface area contributed by atoms with Crippen LogP contribution in [0.15, 0.2) is 63.1 Å². The average Bonchev–Trinajstić information content (AvgIpc) is 2.64. The third-order valence-corrected chi connectivity index (χ3v) is 6.09. The molecule has 0 atom stereocenters. The van der Waals surface area contributed by atoms with Crippen LogP contribution in [0.1, 0.15) is 0 Å². The summed E-state index contributed by atoms with van der Waals surface area (Å²) >= 11 is 1.75. The molecular formula is C21H15NO2S. The first-order chi connectivity index (χ1) is 12.2. The number of hydrogen-bond acceptors (Lipinski definition) is 3. The van der Waals surface area contributed by atoms with Gasteiger partial charge < -0.3 is 9.67 Å². The summed E-state index contributed by atoms with van der Waals surface area (Å²) in [4.78, 5) is 15.3. The molecule has 2 heterocycles. The summed E-state index contributed by atoms with van der Waals surface area (Å²) in [5.74, 6) is 0. The predicted molar refractivity (Wildman–Crippen MR) is 103 cm³/mol. The quantitative estimate of drug-likeness (QED) is 0.533. The molecule has 25 heavy (non-hydrogen) atoms. The molecular weight excluding hydrogens is 330 g/mol. The molecule has 1 aromatic heterocycles. The van der Waals surface area contributed by atoms with Gasteiger partial charge in [-0.15, -0.1) is 0 Å². The van der Waals surface area contributed by atoms with Gasteiger partial charge in [0.1, 0.15) is 0 Å². The van der Waals surface area contributed by atoms with Gasteiger partial charge in [0.15, 0.2) is 0 Å². The molecule has 122 valence electrons. The van der Waals surface area contributed by atoms with Crippen LogP contribution in [-0.4, -0.2) is 16.3 Å². The largest absolute Gasteiger partial charge is 0.395 e. The summed E-state index contributed by atoms with van der Waals surface area (Å²) in [7, 11) is 0. The predicted octanol–water partition coefficient (Wildman–Crippen LogP) is 3.41. The minimum atomic E-state index is -0.0842. The lowest BCUT2D eigenvalue weighted by molar-refractivity contribution is 0.273. The molecule has 0 bridgehead atoms. The third kappa shape index (κ3) is 1.89. The van der Waals surface area contributed by atoms with Gasteiger partial charge in [0.05, 0.1) is 6.61 Å². The number of nitrogens with zero attached hydrogens (tertiary/aromatic N) is 1. The Morgan fingerprint density at radius 3 is 2.56 bits per heavy atom. The number of hydrogen-bond donors (Lipinski definition) is 1. The van der Waals surface area contributed by atoms with E-state index in [0.717, 1.165) is 16.2 Å². The average molecular weight is 345 g/mol. The molecule has 0 radical (unpaired) electrons. The van der Waals surface area contributed by atoms with Gasteiger partial charge in [0, 0.05) is 43.2 Å². The van der Waals surface area contributed by atoms with Crippen LogP contribution >= 0.6 is 11.8 Å². The SMILES string of the molecule is C=c1c2ccc3c4c(ccc(c(=O)n1CCO)c42)Sc1ccccc1-3. The van der Waals surface area contributed by atoms with Gasteiger partial charge >= 0.3 is 0 Å². The van der Waals surface area contributed by atoms with Crippen molar-refractivity contribution in [1.29, 1.82) is 0 Å². The standard InChI is InChI=1S/C21H15NO2S/c1-12-13-6-7-15-14-4-2-3-5-17(14)25-18-9-8-16(19(13)20(15)18)21(24)22(12)10-11-23/h2-9,23H,1,10-11H2. The molecule has 0 saturated heterocycles. The van der Waals surface area contributed by atoms with Crippen molar-refractivity contribution in [3.63, 3.8) is 0 Å². The van der Waals surface area contributed by atoms with Crippen molar-refractivity contribution < 1.29 is 5.11 Å². The van der Waals surface area contributed by atoms with Crippen molar-refractivity contribution in [2.24, 2.45) is 0 Å². The van der Waals surface area contributed by atoms with Gasteiger partial charge in [-0.2, -0.15) is 0 Å². The molecule has 4 aromatic rings. The lowest BCUT2D eigenvalue weighted by atomic mass is 9.93. The smallest absolute Gasteiger partial charge is 0.259 e. The topological polar surface area (TPSA) is 42.2 Å². The maximum absolute atomic E-state index is 12.9. The number of rotatable bonds is 2. The maximum atomic E-state index is 12.9. The Balaban J connectivity index is 2.02. The maximum Gasteiger partial charge on any atom is 0.259 e. The van der Waals surface area contributed by atoms with Crippen molar-refractivity contribution in [1.82, 2.24) is 4.57 Å². The van der Waals surface area contributed by atoms with Crippen molar-refractivity contribution in [3.05, 3.63) is 64.2 Å². The van der Waals surface area contributed by atoms with Crippen LogP contribution in [0.4, 0.5) is 0 Å².